The number of aromatic nitrogens is 2. The van der Waals surface area contributed by atoms with Crippen LogP contribution in [0.15, 0.2) is 51.1 Å². The van der Waals surface area contributed by atoms with Gasteiger partial charge in [-0.15, -0.1) is 11.3 Å². The van der Waals surface area contributed by atoms with Gasteiger partial charge in [0, 0.05) is 46.0 Å². The Morgan fingerprint density at radius 2 is 2.00 bits per heavy atom. The largest absolute Gasteiger partial charge is 0.485 e. The Bertz CT molecular complexity index is 1340. The third-order valence-corrected chi connectivity index (χ3v) is 5.49. The number of hydrogen-bond acceptors (Lipinski definition) is 6. The van der Waals surface area contributed by atoms with Crippen LogP contribution >= 0.6 is 11.3 Å². The lowest BCUT2D eigenvalue weighted by Gasteiger charge is -2.10. The Morgan fingerprint density at radius 3 is 2.68 bits per heavy atom. The summed E-state index contributed by atoms with van der Waals surface area (Å²) in [5.74, 6) is -0.196. The zero-order chi connectivity index (χ0) is 22.3. The first kappa shape index (κ1) is 20.9. The second kappa shape index (κ2) is 7.69. The molecule has 0 aliphatic rings. The maximum atomic E-state index is 13.2. The van der Waals surface area contributed by atoms with Crippen LogP contribution in [-0.4, -0.2) is 21.9 Å². The molecule has 0 atom stereocenters. The first-order valence-corrected chi connectivity index (χ1v) is 9.93. The molecule has 0 N–H and O–H groups in total. The first-order chi connectivity index (χ1) is 14.6. The van der Waals surface area contributed by atoms with E-state index in [4.69, 9.17) is 9.15 Å². The van der Waals surface area contributed by atoms with E-state index in [1.54, 1.807) is 19.2 Å². The van der Waals surface area contributed by atoms with Crippen LogP contribution in [0.4, 0.5) is 13.2 Å². The molecule has 1 aromatic carbocycles. The van der Waals surface area contributed by atoms with Crippen molar-refractivity contribution in [2.45, 2.75) is 20.0 Å². The minimum absolute atomic E-state index is 0.108. The molecule has 0 aliphatic heterocycles. The van der Waals surface area contributed by atoms with E-state index in [0.29, 0.717) is 17.3 Å². The summed E-state index contributed by atoms with van der Waals surface area (Å²) in [4.78, 5) is 28.5. The Labute approximate surface area is 177 Å². The number of hydrogen-bond donors (Lipinski definition) is 0. The van der Waals surface area contributed by atoms with E-state index >= 15 is 0 Å². The standard InChI is InChI=1S/C21H15F3N2O4S/c1-11-7-15(12(2)26(11)20-25-5-6-31-20)17(27)10-29-13-3-4-14-16(21(22,23)24)9-19(28)30-18(14)8-13/h3-9H,10H2,1-2H3. The van der Waals surface area contributed by atoms with Gasteiger partial charge >= 0.3 is 11.8 Å². The predicted octanol–water partition coefficient (Wildman–Crippen LogP) is 4.94. The summed E-state index contributed by atoms with van der Waals surface area (Å²) >= 11 is 1.44. The highest BCUT2D eigenvalue weighted by Crippen LogP contribution is 2.35. The maximum absolute atomic E-state index is 13.2. The molecule has 31 heavy (non-hydrogen) atoms. The van der Waals surface area contributed by atoms with Crippen molar-refractivity contribution >= 4 is 28.1 Å². The fourth-order valence-electron chi connectivity index (χ4n) is 3.36. The van der Waals surface area contributed by atoms with Gasteiger partial charge in [-0.05, 0) is 32.0 Å². The highest BCUT2D eigenvalue weighted by atomic mass is 32.1. The van der Waals surface area contributed by atoms with E-state index in [2.05, 4.69) is 4.98 Å². The number of aryl methyl sites for hydroxylation is 1. The van der Waals surface area contributed by atoms with Crippen LogP contribution in [0.5, 0.6) is 5.75 Å². The molecule has 160 valence electrons. The van der Waals surface area contributed by atoms with Gasteiger partial charge in [0.05, 0.1) is 5.56 Å². The van der Waals surface area contributed by atoms with Gasteiger partial charge in [-0.25, -0.2) is 9.78 Å². The molecular formula is C21H15F3N2O4S. The summed E-state index contributed by atoms with van der Waals surface area (Å²) in [7, 11) is 0. The van der Waals surface area contributed by atoms with Crippen molar-refractivity contribution in [3.05, 3.63) is 74.8 Å². The molecule has 6 nitrogen and oxygen atoms in total. The van der Waals surface area contributed by atoms with E-state index < -0.39 is 17.4 Å². The van der Waals surface area contributed by atoms with Crippen LogP contribution in [0.1, 0.15) is 27.3 Å². The molecule has 0 saturated heterocycles. The fraction of sp³-hybridized carbons (Fsp3) is 0.190. The van der Waals surface area contributed by atoms with Crippen LogP contribution < -0.4 is 10.4 Å². The van der Waals surface area contributed by atoms with Crippen molar-refractivity contribution in [1.29, 1.82) is 0 Å². The fourth-order valence-corrected chi connectivity index (χ4v) is 4.11. The number of halogens is 3. The normalized spacial score (nSPS) is 11.8. The summed E-state index contributed by atoms with van der Waals surface area (Å²) in [6.07, 6.45) is -3.03. The molecule has 0 spiro atoms. The number of fused-ring (bicyclic) bond motifs is 1. The monoisotopic (exact) mass is 448 g/mol. The van der Waals surface area contributed by atoms with Crippen molar-refractivity contribution in [3.63, 3.8) is 0 Å². The highest BCUT2D eigenvalue weighted by Gasteiger charge is 2.33. The zero-order valence-corrected chi connectivity index (χ0v) is 17.1. The summed E-state index contributed by atoms with van der Waals surface area (Å²) in [5.41, 5.74) is -0.479. The number of ether oxygens (including phenoxy) is 1. The number of alkyl halides is 3. The minimum atomic E-state index is -4.70. The lowest BCUT2D eigenvalue weighted by Crippen LogP contribution is -2.13. The molecule has 0 amide bonds. The van der Waals surface area contributed by atoms with Crippen LogP contribution in [0, 0.1) is 13.8 Å². The van der Waals surface area contributed by atoms with Crippen molar-refractivity contribution in [2.24, 2.45) is 0 Å². The lowest BCUT2D eigenvalue weighted by molar-refractivity contribution is -0.136. The molecule has 0 bridgehead atoms. The smallest absolute Gasteiger partial charge is 0.417 e. The van der Waals surface area contributed by atoms with E-state index in [1.165, 1.54) is 17.4 Å². The van der Waals surface area contributed by atoms with Gasteiger partial charge in [0.1, 0.15) is 11.3 Å². The van der Waals surface area contributed by atoms with Crippen LogP contribution in [-0.2, 0) is 6.18 Å². The van der Waals surface area contributed by atoms with E-state index in [-0.39, 0.29) is 29.1 Å². The minimum Gasteiger partial charge on any atom is -0.485 e. The number of carbonyl (C=O) groups is 1. The van der Waals surface area contributed by atoms with Gasteiger partial charge < -0.3 is 9.15 Å². The van der Waals surface area contributed by atoms with Crippen LogP contribution in [0.2, 0.25) is 0 Å². The molecule has 0 radical (unpaired) electrons. The number of benzene rings is 1. The van der Waals surface area contributed by atoms with Gasteiger partial charge in [-0.2, -0.15) is 13.2 Å². The van der Waals surface area contributed by atoms with Crippen LogP contribution in [0.25, 0.3) is 16.1 Å². The molecule has 0 saturated carbocycles. The van der Waals surface area contributed by atoms with Crippen molar-refractivity contribution in [3.8, 4) is 10.9 Å². The Balaban J connectivity index is 1.58. The molecule has 0 fully saturated rings. The van der Waals surface area contributed by atoms with Gasteiger partial charge in [0.25, 0.3) is 0 Å². The average molecular weight is 448 g/mol. The lowest BCUT2D eigenvalue weighted by atomic mass is 10.1. The third kappa shape index (κ3) is 3.98. The molecule has 4 rings (SSSR count). The Morgan fingerprint density at radius 1 is 1.23 bits per heavy atom. The third-order valence-electron chi connectivity index (χ3n) is 4.73. The van der Waals surface area contributed by atoms with Crippen molar-refractivity contribution < 1.29 is 27.1 Å². The summed E-state index contributed by atoms with van der Waals surface area (Å²) in [5, 5.41) is 2.30. The Hall–Kier alpha value is -3.40. The highest BCUT2D eigenvalue weighted by molar-refractivity contribution is 7.12. The SMILES string of the molecule is Cc1cc(C(=O)COc2ccc3c(C(F)(F)F)cc(=O)oc3c2)c(C)n1-c1nccs1. The summed E-state index contributed by atoms with van der Waals surface area (Å²) < 4.78 is 51.7. The molecular weight excluding hydrogens is 433 g/mol. The summed E-state index contributed by atoms with van der Waals surface area (Å²) in [6.45, 7) is 3.32. The van der Waals surface area contributed by atoms with Crippen molar-refractivity contribution in [1.82, 2.24) is 9.55 Å². The van der Waals surface area contributed by atoms with E-state index in [9.17, 15) is 22.8 Å². The summed E-state index contributed by atoms with van der Waals surface area (Å²) in [6, 6.07) is 5.75. The molecule has 3 aromatic heterocycles. The maximum Gasteiger partial charge on any atom is 0.417 e. The van der Waals surface area contributed by atoms with E-state index in [0.717, 1.165) is 23.0 Å². The molecule has 4 aromatic rings. The quantitative estimate of drug-likeness (QED) is 0.320. The number of ketones is 1. The van der Waals surface area contributed by atoms with Gasteiger partial charge in [-0.1, -0.05) is 0 Å². The average Bonchev–Trinajstić information content (AvgIpc) is 3.32. The second-order valence-corrected chi connectivity index (χ2v) is 7.65. The molecule has 0 unspecified atom stereocenters. The zero-order valence-electron chi connectivity index (χ0n) is 16.3. The number of nitrogens with zero attached hydrogens (tertiary/aromatic N) is 2. The van der Waals surface area contributed by atoms with Gasteiger partial charge in [0.2, 0.25) is 5.78 Å². The topological polar surface area (TPSA) is 74.3 Å². The Kier molecular flexibility index (Phi) is 5.18. The molecule has 0 aliphatic carbocycles. The van der Waals surface area contributed by atoms with Gasteiger partial charge in [-0.3, -0.25) is 9.36 Å². The second-order valence-electron chi connectivity index (χ2n) is 6.78. The van der Waals surface area contributed by atoms with Crippen molar-refractivity contribution in [2.75, 3.05) is 6.61 Å². The number of thiazole rings is 1. The molecule has 10 heteroatoms. The first-order valence-electron chi connectivity index (χ1n) is 9.05. The molecule has 3 heterocycles. The van der Waals surface area contributed by atoms with Gasteiger partial charge in [0.15, 0.2) is 11.7 Å². The number of Topliss-reactive ketones (excluding diaryl/α,β-unsaturated/α-hetero) is 1. The number of rotatable bonds is 5. The van der Waals surface area contributed by atoms with Crippen LogP contribution in [0.3, 0.4) is 0 Å². The van der Waals surface area contributed by atoms with E-state index in [1.807, 2.05) is 16.9 Å². The predicted molar refractivity (Wildman–Crippen MR) is 108 cm³/mol. The number of carbonyl (C=O) groups excluding carboxylic acids is 1.